The molecule has 2 nitrogen and oxygen atoms in total. The molecule has 1 aliphatic rings. The van der Waals surface area contributed by atoms with Crippen molar-refractivity contribution >= 4 is 0 Å². The third-order valence-corrected chi connectivity index (χ3v) is 3.06. The molecule has 1 aliphatic heterocycles. The lowest BCUT2D eigenvalue weighted by Gasteiger charge is -2.15. The van der Waals surface area contributed by atoms with Gasteiger partial charge in [0.15, 0.2) is 0 Å². The standard InChI is InChI=1S/C13H20N2/c1-11-6-5-8-13(15-11)10-12-7-3-2-4-9-14-12/h5-6,8,12,14H,2-4,7,9-10H2,1H3/t12-/m1/s1. The molecule has 1 fully saturated rings. The van der Waals surface area contributed by atoms with Gasteiger partial charge in [-0.05, 0) is 38.4 Å². The van der Waals surface area contributed by atoms with E-state index in [0.717, 1.165) is 12.1 Å². The van der Waals surface area contributed by atoms with Crippen molar-refractivity contribution in [2.24, 2.45) is 0 Å². The Balaban J connectivity index is 1.95. The molecule has 2 heteroatoms. The van der Waals surface area contributed by atoms with Gasteiger partial charge in [-0.25, -0.2) is 0 Å². The Bertz CT molecular complexity index is 301. The molecule has 0 radical (unpaired) electrons. The van der Waals surface area contributed by atoms with E-state index in [1.165, 1.54) is 37.9 Å². The Morgan fingerprint density at radius 2 is 2.27 bits per heavy atom. The number of aromatic nitrogens is 1. The van der Waals surface area contributed by atoms with Crippen LogP contribution in [0.5, 0.6) is 0 Å². The maximum Gasteiger partial charge on any atom is 0.0422 e. The first-order chi connectivity index (χ1) is 7.34. The maximum atomic E-state index is 4.56. The fourth-order valence-electron chi connectivity index (χ4n) is 2.24. The minimum Gasteiger partial charge on any atom is -0.314 e. The highest BCUT2D eigenvalue weighted by atomic mass is 14.9. The fraction of sp³-hybridized carbons (Fsp3) is 0.615. The Labute approximate surface area is 92.1 Å². The van der Waals surface area contributed by atoms with Crippen LogP contribution in [0, 0.1) is 6.92 Å². The van der Waals surface area contributed by atoms with Gasteiger partial charge < -0.3 is 5.32 Å². The summed E-state index contributed by atoms with van der Waals surface area (Å²) in [6.07, 6.45) is 6.46. The molecule has 15 heavy (non-hydrogen) atoms. The normalized spacial score (nSPS) is 22.3. The SMILES string of the molecule is Cc1cccc(C[C@H]2CCCCCN2)n1. The molecule has 1 atom stereocenters. The van der Waals surface area contributed by atoms with Gasteiger partial charge in [0.1, 0.15) is 0 Å². The predicted molar refractivity (Wildman–Crippen MR) is 62.9 cm³/mol. The van der Waals surface area contributed by atoms with Crippen molar-refractivity contribution in [3.63, 3.8) is 0 Å². The van der Waals surface area contributed by atoms with Crippen molar-refractivity contribution in [3.05, 3.63) is 29.6 Å². The molecule has 0 saturated carbocycles. The first kappa shape index (κ1) is 10.6. The summed E-state index contributed by atoms with van der Waals surface area (Å²) in [5.41, 5.74) is 2.36. The molecule has 2 heterocycles. The lowest BCUT2D eigenvalue weighted by molar-refractivity contribution is 0.502. The summed E-state index contributed by atoms with van der Waals surface area (Å²) in [7, 11) is 0. The van der Waals surface area contributed by atoms with E-state index in [-0.39, 0.29) is 0 Å². The Morgan fingerprint density at radius 3 is 3.13 bits per heavy atom. The highest BCUT2D eigenvalue weighted by molar-refractivity contribution is 5.11. The number of aryl methyl sites for hydroxylation is 1. The van der Waals surface area contributed by atoms with Crippen LogP contribution in [0.15, 0.2) is 18.2 Å². The van der Waals surface area contributed by atoms with Crippen LogP contribution in [0.25, 0.3) is 0 Å². The molecular weight excluding hydrogens is 184 g/mol. The number of nitrogens with zero attached hydrogens (tertiary/aromatic N) is 1. The summed E-state index contributed by atoms with van der Waals surface area (Å²) in [5.74, 6) is 0. The highest BCUT2D eigenvalue weighted by Gasteiger charge is 2.12. The van der Waals surface area contributed by atoms with Crippen LogP contribution in [0.1, 0.15) is 37.1 Å². The average Bonchev–Trinajstić information content (AvgIpc) is 2.46. The van der Waals surface area contributed by atoms with Crippen molar-refractivity contribution < 1.29 is 0 Å². The van der Waals surface area contributed by atoms with E-state index in [1.807, 2.05) is 0 Å². The number of nitrogens with one attached hydrogen (secondary N) is 1. The van der Waals surface area contributed by atoms with Crippen molar-refractivity contribution in [1.29, 1.82) is 0 Å². The highest BCUT2D eigenvalue weighted by Crippen LogP contribution is 2.12. The molecule has 82 valence electrons. The second-order valence-corrected chi connectivity index (χ2v) is 4.47. The van der Waals surface area contributed by atoms with Gasteiger partial charge >= 0.3 is 0 Å². The molecule has 0 aromatic carbocycles. The summed E-state index contributed by atoms with van der Waals surface area (Å²) < 4.78 is 0. The molecule has 1 N–H and O–H groups in total. The summed E-state index contributed by atoms with van der Waals surface area (Å²) in [6.45, 7) is 3.24. The number of hydrogen-bond donors (Lipinski definition) is 1. The van der Waals surface area contributed by atoms with Crippen molar-refractivity contribution in [1.82, 2.24) is 10.3 Å². The van der Waals surface area contributed by atoms with Crippen LogP contribution < -0.4 is 5.32 Å². The second-order valence-electron chi connectivity index (χ2n) is 4.47. The van der Waals surface area contributed by atoms with Gasteiger partial charge in [-0.2, -0.15) is 0 Å². The minimum atomic E-state index is 0.641. The molecule has 0 spiro atoms. The molecule has 0 amide bonds. The van der Waals surface area contributed by atoms with Gasteiger partial charge in [0.05, 0.1) is 0 Å². The zero-order chi connectivity index (χ0) is 10.5. The van der Waals surface area contributed by atoms with Crippen LogP contribution in [0.2, 0.25) is 0 Å². The smallest absolute Gasteiger partial charge is 0.0422 e. The largest absolute Gasteiger partial charge is 0.314 e. The Kier molecular flexibility index (Phi) is 3.73. The van der Waals surface area contributed by atoms with E-state index in [1.54, 1.807) is 0 Å². The Morgan fingerprint density at radius 1 is 1.33 bits per heavy atom. The first-order valence-corrected chi connectivity index (χ1v) is 6.00. The Hall–Kier alpha value is -0.890. The maximum absolute atomic E-state index is 4.56. The second kappa shape index (κ2) is 5.26. The summed E-state index contributed by atoms with van der Waals surface area (Å²) in [4.78, 5) is 4.56. The lowest BCUT2D eigenvalue weighted by atomic mass is 10.1. The van der Waals surface area contributed by atoms with E-state index < -0.39 is 0 Å². The number of hydrogen-bond acceptors (Lipinski definition) is 2. The lowest BCUT2D eigenvalue weighted by Crippen LogP contribution is -2.30. The number of pyridine rings is 1. The zero-order valence-corrected chi connectivity index (χ0v) is 9.50. The van der Waals surface area contributed by atoms with Gasteiger partial charge in [0, 0.05) is 23.9 Å². The molecule has 1 aromatic heterocycles. The van der Waals surface area contributed by atoms with Crippen LogP contribution in [-0.4, -0.2) is 17.6 Å². The molecule has 0 bridgehead atoms. The number of rotatable bonds is 2. The van der Waals surface area contributed by atoms with Crippen LogP contribution >= 0.6 is 0 Å². The summed E-state index contributed by atoms with van der Waals surface area (Å²) >= 11 is 0. The fourth-order valence-corrected chi connectivity index (χ4v) is 2.24. The average molecular weight is 204 g/mol. The summed E-state index contributed by atoms with van der Waals surface area (Å²) in [6, 6.07) is 6.94. The summed E-state index contributed by atoms with van der Waals surface area (Å²) in [5, 5.41) is 3.61. The van der Waals surface area contributed by atoms with Crippen molar-refractivity contribution in [3.8, 4) is 0 Å². The topological polar surface area (TPSA) is 24.9 Å². The zero-order valence-electron chi connectivity index (χ0n) is 9.50. The van der Waals surface area contributed by atoms with E-state index in [4.69, 9.17) is 0 Å². The van der Waals surface area contributed by atoms with E-state index in [9.17, 15) is 0 Å². The molecular formula is C13H20N2. The van der Waals surface area contributed by atoms with Crippen LogP contribution in [0.3, 0.4) is 0 Å². The van der Waals surface area contributed by atoms with Gasteiger partial charge in [-0.15, -0.1) is 0 Å². The van der Waals surface area contributed by atoms with Crippen molar-refractivity contribution in [2.45, 2.75) is 45.1 Å². The first-order valence-electron chi connectivity index (χ1n) is 6.00. The van der Waals surface area contributed by atoms with Gasteiger partial charge in [-0.3, -0.25) is 4.98 Å². The third kappa shape index (κ3) is 3.31. The van der Waals surface area contributed by atoms with E-state index in [0.29, 0.717) is 6.04 Å². The van der Waals surface area contributed by atoms with Gasteiger partial charge in [-0.1, -0.05) is 18.9 Å². The molecule has 0 aliphatic carbocycles. The van der Waals surface area contributed by atoms with Crippen molar-refractivity contribution in [2.75, 3.05) is 6.54 Å². The molecule has 1 aromatic rings. The quantitative estimate of drug-likeness (QED) is 0.800. The molecule has 2 rings (SSSR count). The molecule has 1 saturated heterocycles. The van der Waals surface area contributed by atoms with E-state index >= 15 is 0 Å². The monoisotopic (exact) mass is 204 g/mol. The third-order valence-electron chi connectivity index (χ3n) is 3.06. The minimum absolute atomic E-state index is 0.641. The molecule has 0 unspecified atom stereocenters. The van der Waals surface area contributed by atoms with Crippen LogP contribution in [0.4, 0.5) is 0 Å². The van der Waals surface area contributed by atoms with Crippen LogP contribution in [-0.2, 0) is 6.42 Å². The predicted octanol–water partition coefficient (Wildman–Crippen LogP) is 2.46. The van der Waals surface area contributed by atoms with Gasteiger partial charge in [0.2, 0.25) is 0 Å². The van der Waals surface area contributed by atoms with E-state index in [2.05, 4.69) is 35.4 Å². The van der Waals surface area contributed by atoms with Gasteiger partial charge in [0.25, 0.3) is 0 Å².